The van der Waals surface area contributed by atoms with Crippen molar-refractivity contribution in [2.24, 2.45) is 17.8 Å². The smallest absolute Gasteiger partial charge is 0.312 e. The van der Waals surface area contributed by atoms with E-state index in [1.54, 1.807) is 34.6 Å². The molecule has 0 bridgehead atoms. The van der Waals surface area contributed by atoms with Gasteiger partial charge in [-0.15, -0.1) is 0 Å². The van der Waals surface area contributed by atoms with Crippen molar-refractivity contribution in [3.8, 4) is 0 Å². The Morgan fingerprint density at radius 3 is 2.23 bits per heavy atom. The molecule has 47 heavy (non-hydrogen) atoms. The molecule has 13 heteroatoms. The summed E-state index contributed by atoms with van der Waals surface area (Å²) in [6.45, 7) is 16.3. The van der Waals surface area contributed by atoms with E-state index in [4.69, 9.17) is 18.9 Å². The Hall–Kier alpha value is -0.970. The molecular formula is C34H65N3O10. The van der Waals surface area contributed by atoms with Crippen LogP contribution in [-0.4, -0.2) is 160 Å². The molecule has 1 unspecified atom stereocenters. The van der Waals surface area contributed by atoms with Gasteiger partial charge in [0.15, 0.2) is 6.29 Å². The van der Waals surface area contributed by atoms with Crippen molar-refractivity contribution in [1.82, 2.24) is 15.1 Å². The van der Waals surface area contributed by atoms with Crippen LogP contribution < -0.4 is 5.32 Å². The minimum Gasteiger partial charge on any atom is -0.459 e. The molecule has 276 valence electrons. The third-order valence-electron chi connectivity index (χ3n) is 11.0. The number of hydrogen-bond acceptors (Lipinski definition) is 13. The van der Waals surface area contributed by atoms with E-state index in [0.29, 0.717) is 39.3 Å². The third kappa shape index (κ3) is 9.43. The van der Waals surface area contributed by atoms with E-state index in [-0.39, 0.29) is 37.5 Å². The molecule has 0 spiro atoms. The number of hydrogen-bond donors (Lipinski definition) is 6. The summed E-state index contributed by atoms with van der Waals surface area (Å²) < 4.78 is 24.3. The number of esters is 1. The van der Waals surface area contributed by atoms with Crippen LogP contribution in [0.5, 0.6) is 0 Å². The normalized spacial score (nSPS) is 47.2. The van der Waals surface area contributed by atoms with Gasteiger partial charge in [0.1, 0.15) is 23.9 Å². The Kier molecular flexibility index (Phi) is 14.1. The maximum absolute atomic E-state index is 14.0. The Balaban J connectivity index is 2.14. The fourth-order valence-corrected chi connectivity index (χ4v) is 7.81. The molecule has 0 aromatic rings. The molecule has 14 atom stereocenters. The van der Waals surface area contributed by atoms with E-state index in [9.17, 15) is 30.3 Å². The molecule has 0 aromatic heterocycles. The first-order valence-electron chi connectivity index (χ1n) is 17.5. The van der Waals surface area contributed by atoms with Crippen LogP contribution in [-0.2, 0) is 23.7 Å². The number of cyclic esters (lactones) is 1. The lowest BCUT2D eigenvalue weighted by molar-refractivity contribution is -0.305. The molecule has 3 aliphatic heterocycles. The van der Waals surface area contributed by atoms with Gasteiger partial charge in [0, 0.05) is 37.6 Å². The number of rotatable bonds is 6. The van der Waals surface area contributed by atoms with Crippen molar-refractivity contribution in [3.63, 3.8) is 0 Å². The summed E-state index contributed by atoms with van der Waals surface area (Å²) in [5.41, 5.74) is -5.17. The number of aliphatic hydroxyl groups excluding tert-OH is 2. The molecule has 0 amide bonds. The number of ether oxygens (including phenoxy) is 4. The summed E-state index contributed by atoms with van der Waals surface area (Å²) in [6.07, 6.45) is -4.80. The number of morpholine rings is 1. The van der Waals surface area contributed by atoms with Crippen molar-refractivity contribution >= 4 is 5.97 Å². The van der Waals surface area contributed by atoms with Crippen molar-refractivity contribution in [2.45, 2.75) is 140 Å². The van der Waals surface area contributed by atoms with Crippen LogP contribution in [0.15, 0.2) is 0 Å². The highest BCUT2D eigenvalue weighted by atomic mass is 16.7. The molecule has 0 aliphatic carbocycles. The zero-order valence-electron chi connectivity index (χ0n) is 30.4. The van der Waals surface area contributed by atoms with Gasteiger partial charge >= 0.3 is 5.97 Å². The third-order valence-corrected chi connectivity index (χ3v) is 11.0. The van der Waals surface area contributed by atoms with Crippen molar-refractivity contribution in [3.05, 3.63) is 0 Å². The minimum atomic E-state index is -1.81. The fourth-order valence-electron chi connectivity index (χ4n) is 7.81. The van der Waals surface area contributed by atoms with Crippen molar-refractivity contribution in [2.75, 3.05) is 53.5 Å². The van der Waals surface area contributed by atoms with Crippen LogP contribution in [0.4, 0.5) is 0 Å². The molecule has 3 rings (SSSR count). The highest BCUT2D eigenvalue weighted by Crippen LogP contribution is 2.41. The number of carbonyl (C=O) groups is 1. The van der Waals surface area contributed by atoms with E-state index in [2.05, 4.69) is 5.32 Å². The van der Waals surface area contributed by atoms with Crippen LogP contribution in [0.3, 0.4) is 0 Å². The molecule has 0 aromatic carbocycles. The van der Waals surface area contributed by atoms with E-state index >= 15 is 0 Å². The molecule has 3 aliphatic rings. The van der Waals surface area contributed by atoms with E-state index in [1.165, 1.54) is 6.92 Å². The number of carbonyl (C=O) groups excluding carboxylic acids is 1. The standard InChI is InChI=1S/C34H65N3O10/c1-11-26-33(8,42)28(39)24(6)35-18-20(2)17-32(7,41)29(47-31-27(38)25(36(9)10)16-21(3)45-31)22(4)34(43,23(5)30(40)46-26)19-37-12-14-44-15-13-37/h20-29,31,35,38-39,41-43H,11-19H2,1-10H3/t20-,21-,22-,23?,24-,25+,26-,27-,28-,29-,31+,32+,33-,34-/m1/s1. The zero-order chi connectivity index (χ0) is 35.5. The molecule has 3 fully saturated rings. The molecular weight excluding hydrogens is 610 g/mol. The first kappa shape index (κ1) is 40.5. The topological polar surface area (TPSA) is 174 Å². The maximum atomic E-state index is 14.0. The minimum absolute atomic E-state index is 0.0541. The number of β-amino-alcohol motifs (C(OH)–C–C–N with tert-alkyl or cyclic N) is 1. The van der Waals surface area contributed by atoms with Crippen LogP contribution >= 0.6 is 0 Å². The fraction of sp³-hybridized carbons (Fsp3) is 0.971. The number of nitrogens with one attached hydrogen (secondary N) is 1. The van der Waals surface area contributed by atoms with Crippen LogP contribution in [0.1, 0.15) is 74.7 Å². The number of aliphatic hydroxyl groups is 5. The van der Waals surface area contributed by atoms with Gasteiger partial charge in [-0.2, -0.15) is 0 Å². The van der Waals surface area contributed by atoms with E-state index in [0.717, 1.165) is 0 Å². The lowest BCUT2D eigenvalue weighted by atomic mass is 9.70. The molecule has 13 nitrogen and oxygen atoms in total. The maximum Gasteiger partial charge on any atom is 0.312 e. The molecule has 0 saturated carbocycles. The summed E-state index contributed by atoms with van der Waals surface area (Å²) in [7, 11) is 3.77. The van der Waals surface area contributed by atoms with Gasteiger partial charge in [-0.1, -0.05) is 20.8 Å². The summed E-state index contributed by atoms with van der Waals surface area (Å²) in [5, 5.41) is 62.6. The largest absolute Gasteiger partial charge is 0.459 e. The second kappa shape index (κ2) is 16.4. The second-order valence-electron chi connectivity index (χ2n) is 15.4. The predicted octanol–water partition coefficient (Wildman–Crippen LogP) is 0.336. The van der Waals surface area contributed by atoms with Gasteiger partial charge in [-0.3, -0.25) is 9.69 Å². The van der Waals surface area contributed by atoms with Gasteiger partial charge in [0.2, 0.25) is 0 Å². The monoisotopic (exact) mass is 675 g/mol. The van der Waals surface area contributed by atoms with Gasteiger partial charge in [-0.05, 0) is 80.4 Å². The first-order valence-corrected chi connectivity index (χ1v) is 17.5. The van der Waals surface area contributed by atoms with Gasteiger partial charge in [0.05, 0.1) is 42.5 Å². The SMILES string of the molecule is CC[C@H]1OC(=O)C(C)[C@@](O)(CN2CCOCC2)[C@H](C)[C@@H](O[C@@H]2O[C@H](C)C[C@H](N(C)C)[C@H]2O)[C@@](C)(O)C[C@@H](C)CN[C@H](C)[C@@H](O)[C@]1(C)O. The molecule has 3 heterocycles. The summed E-state index contributed by atoms with van der Waals surface area (Å²) in [5.74, 6) is -2.93. The Morgan fingerprint density at radius 2 is 1.66 bits per heavy atom. The number of likely N-dealkylation sites (N-methyl/N-ethyl adjacent to an activating group) is 1. The lowest BCUT2D eigenvalue weighted by Gasteiger charge is -2.50. The summed E-state index contributed by atoms with van der Waals surface area (Å²) >= 11 is 0. The molecule has 3 saturated heterocycles. The summed E-state index contributed by atoms with van der Waals surface area (Å²) in [6, 6.07) is -0.839. The van der Waals surface area contributed by atoms with Crippen molar-refractivity contribution in [1.29, 1.82) is 0 Å². The first-order chi connectivity index (χ1) is 21.8. The van der Waals surface area contributed by atoms with Gasteiger partial charge in [-0.25, -0.2) is 0 Å². The molecule has 6 N–H and O–H groups in total. The number of nitrogens with zero attached hydrogens (tertiary/aromatic N) is 2. The highest BCUT2D eigenvalue weighted by Gasteiger charge is 2.55. The van der Waals surface area contributed by atoms with Crippen LogP contribution in [0.2, 0.25) is 0 Å². The van der Waals surface area contributed by atoms with Crippen molar-refractivity contribution < 1.29 is 49.3 Å². The van der Waals surface area contributed by atoms with Gasteiger partial charge < -0.3 is 54.7 Å². The van der Waals surface area contributed by atoms with E-state index in [1.807, 2.05) is 37.7 Å². The average molecular weight is 676 g/mol. The Morgan fingerprint density at radius 1 is 1.04 bits per heavy atom. The van der Waals surface area contributed by atoms with Crippen LogP contribution in [0, 0.1) is 17.8 Å². The average Bonchev–Trinajstić information content (AvgIpc) is 3.00. The highest BCUT2D eigenvalue weighted by molar-refractivity contribution is 5.74. The Labute approximate surface area is 281 Å². The van der Waals surface area contributed by atoms with Crippen LogP contribution in [0.25, 0.3) is 0 Å². The van der Waals surface area contributed by atoms with E-state index < -0.39 is 71.4 Å². The zero-order valence-corrected chi connectivity index (χ0v) is 30.4. The quantitative estimate of drug-likeness (QED) is 0.213. The van der Waals surface area contributed by atoms with Gasteiger partial charge in [0.25, 0.3) is 0 Å². The second-order valence-corrected chi connectivity index (χ2v) is 15.4. The summed E-state index contributed by atoms with van der Waals surface area (Å²) in [4.78, 5) is 18.0. The Bertz CT molecular complexity index is 995. The predicted molar refractivity (Wildman–Crippen MR) is 177 cm³/mol. The molecule has 0 radical (unpaired) electrons. The lowest BCUT2D eigenvalue weighted by Crippen LogP contribution is -2.64.